The highest BCUT2D eigenvalue weighted by molar-refractivity contribution is 9.10. The molecule has 0 amide bonds. The lowest BCUT2D eigenvalue weighted by Gasteiger charge is -2.22. The molecule has 0 saturated heterocycles. The maximum atomic E-state index is 10.6. The summed E-state index contributed by atoms with van der Waals surface area (Å²) in [5, 5.41) is 10.6. The van der Waals surface area contributed by atoms with Crippen LogP contribution in [0.2, 0.25) is 0 Å². The summed E-state index contributed by atoms with van der Waals surface area (Å²) in [5.74, 6) is 1.27. The van der Waals surface area contributed by atoms with Crippen LogP contribution < -0.4 is 4.74 Å². The molecule has 1 saturated carbocycles. The van der Waals surface area contributed by atoms with Gasteiger partial charge in [-0.25, -0.2) is 0 Å². The van der Waals surface area contributed by atoms with Crippen LogP contribution in [0.25, 0.3) is 0 Å². The van der Waals surface area contributed by atoms with Gasteiger partial charge in [0.25, 0.3) is 0 Å². The zero-order chi connectivity index (χ0) is 14.4. The minimum Gasteiger partial charge on any atom is -0.492 e. The molecule has 20 heavy (non-hydrogen) atoms. The molecule has 112 valence electrons. The monoisotopic (exact) mass is 340 g/mol. The van der Waals surface area contributed by atoms with Crippen LogP contribution in [0.5, 0.6) is 5.75 Å². The number of hydrogen-bond donors (Lipinski definition) is 1. The Morgan fingerprint density at radius 1 is 1.25 bits per heavy atom. The first kappa shape index (κ1) is 15.8. The number of benzene rings is 1. The largest absolute Gasteiger partial charge is 0.492 e. The van der Waals surface area contributed by atoms with Crippen LogP contribution in [0, 0.1) is 5.92 Å². The summed E-state index contributed by atoms with van der Waals surface area (Å²) in [6.07, 6.45) is 8.08. The molecule has 0 aromatic heterocycles. The first-order chi connectivity index (χ1) is 9.72. The Balaban J connectivity index is 2.05. The van der Waals surface area contributed by atoms with E-state index in [4.69, 9.17) is 4.74 Å². The van der Waals surface area contributed by atoms with Crippen molar-refractivity contribution < 1.29 is 9.84 Å². The molecule has 0 bridgehead atoms. The molecule has 1 N–H and O–H groups in total. The lowest BCUT2D eigenvalue weighted by molar-refractivity contribution is 0.0987. The van der Waals surface area contributed by atoms with Crippen molar-refractivity contribution >= 4 is 15.9 Å². The van der Waals surface area contributed by atoms with Gasteiger partial charge in [-0.05, 0) is 58.8 Å². The van der Waals surface area contributed by atoms with E-state index in [1.54, 1.807) is 0 Å². The smallest absolute Gasteiger partial charge is 0.133 e. The maximum Gasteiger partial charge on any atom is 0.133 e. The van der Waals surface area contributed by atoms with Crippen LogP contribution in [0.1, 0.15) is 63.5 Å². The van der Waals surface area contributed by atoms with E-state index in [-0.39, 0.29) is 6.10 Å². The molecule has 1 aliphatic carbocycles. The Morgan fingerprint density at radius 2 is 1.95 bits per heavy atom. The van der Waals surface area contributed by atoms with Gasteiger partial charge in [0.05, 0.1) is 17.2 Å². The Kier molecular flexibility index (Phi) is 6.37. The molecule has 1 atom stereocenters. The highest BCUT2D eigenvalue weighted by Crippen LogP contribution is 2.36. The van der Waals surface area contributed by atoms with Crippen molar-refractivity contribution in [3.63, 3.8) is 0 Å². The number of ether oxygens (including phenoxy) is 1. The lowest BCUT2D eigenvalue weighted by Crippen LogP contribution is -2.12. The molecule has 2 rings (SSSR count). The number of aliphatic hydroxyl groups excluding tert-OH is 1. The number of halogens is 1. The van der Waals surface area contributed by atoms with Gasteiger partial charge < -0.3 is 9.84 Å². The Morgan fingerprint density at radius 3 is 2.55 bits per heavy atom. The molecule has 0 heterocycles. The van der Waals surface area contributed by atoms with Crippen LogP contribution >= 0.6 is 15.9 Å². The van der Waals surface area contributed by atoms with E-state index < -0.39 is 0 Å². The number of hydrogen-bond acceptors (Lipinski definition) is 2. The minimum absolute atomic E-state index is 0.343. The van der Waals surface area contributed by atoms with E-state index in [9.17, 15) is 5.11 Å². The topological polar surface area (TPSA) is 29.5 Å². The van der Waals surface area contributed by atoms with Crippen LogP contribution in [-0.2, 0) is 0 Å². The fourth-order valence-corrected chi connectivity index (χ4v) is 3.44. The van der Waals surface area contributed by atoms with Gasteiger partial charge in [-0.15, -0.1) is 0 Å². The van der Waals surface area contributed by atoms with E-state index in [0.717, 1.165) is 41.7 Å². The lowest BCUT2D eigenvalue weighted by atomic mass is 9.89. The second kappa shape index (κ2) is 8.04. The van der Waals surface area contributed by atoms with Gasteiger partial charge in [0.15, 0.2) is 0 Å². The zero-order valence-electron chi connectivity index (χ0n) is 12.3. The van der Waals surface area contributed by atoms with Crippen molar-refractivity contribution in [2.45, 2.75) is 58.0 Å². The van der Waals surface area contributed by atoms with Gasteiger partial charge in [-0.2, -0.15) is 0 Å². The van der Waals surface area contributed by atoms with Gasteiger partial charge in [0.1, 0.15) is 5.75 Å². The second-order valence-corrected chi connectivity index (χ2v) is 6.59. The quantitative estimate of drug-likeness (QED) is 0.742. The van der Waals surface area contributed by atoms with Gasteiger partial charge in [-0.1, -0.05) is 38.7 Å². The summed E-state index contributed by atoms with van der Waals surface area (Å²) in [6, 6.07) is 5.99. The van der Waals surface area contributed by atoms with Crippen molar-refractivity contribution in [2.75, 3.05) is 6.61 Å². The predicted octanol–water partition coefficient (Wildman–Crippen LogP) is 5.24. The Bertz CT molecular complexity index is 411. The standard InChI is InChI=1S/C17H25BrO2/c1-2-11-20-16-10-9-14(12-15(16)18)17(19)13-7-5-3-4-6-8-13/h9-10,12-13,17,19H,2-8,11H2,1H3. The molecule has 1 unspecified atom stereocenters. The molecule has 0 radical (unpaired) electrons. The highest BCUT2D eigenvalue weighted by Gasteiger charge is 2.22. The first-order valence-corrected chi connectivity index (χ1v) is 8.62. The van der Waals surface area contributed by atoms with E-state index in [2.05, 4.69) is 22.9 Å². The average Bonchev–Trinajstić information content (AvgIpc) is 2.74. The van der Waals surface area contributed by atoms with Crippen LogP contribution in [0.3, 0.4) is 0 Å². The molecule has 0 aliphatic heterocycles. The summed E-state index contributed by atoms with van der Waals surface area (Å²) in [6.45, 7) is 2.82. The molecule has 3 heteroatoms. The second-order valence-electron chi connectivity index (χ2n) is 5.73. The molecule has 2 nitrogen and oxygen atoms in total. The summed E-state index contributed by atoms with van der Waals surface area (Å²) in [4.78, 5) is 0. The third-order valence-electron chi connectivity index (χ3n) is 4.11. The SMILES string of the molecule is CCCOc1ccc(C(O)C2CCCCCC2)cc1Br. The van der Waals surface area contributed by atoms with Crippen LogP contribution in [-0.4, -0.2) is 11.7 Å². The van der Waals surface area contributed by atoms with Crippen LogP contribution in [0.15, 0.2) is 22.7 Å². The molecular weight excluding hydrogens is 316 g/mol. The Labute approximate surface area is 130 Å². The molecule has 1 aromatic rings. The summed E-state index contributed by atoms with van der Waals surface area (Å²) >= 11 is 3.55. The zero-order valence-corrected chi connectivity index (χ0v) is 13.9. The van der Waals surface area contributed by atoms with E-state index >= 15 is 0 Å². The first-order valence-electron chi connectivity index (χ1n) is 7.82. The normalized spacial score (nSPS) is 18.6. The van der Waals surface area contributed by atoms with Gasteiger partial charge in [0, 0.05) is 0 Å². The predicted molar refractivity (Wildman–Crippen MR) is 86.1 cm³/mol. The molecule has 1 fully saturated rings. The number of rotatable bonds is 5. The maximum absolute atomic E-state index is 10.6. The van der Waals surface area contributed by atoms with Crippen molar-refractivity contribution in [2.24, 2.45) is 5.92 Å². The average molecular weight is 341 g/mol. The van der Waals surface area contributed by atoms with Gasteiger partial charge in [0.2, 0.25) is 0 Å². The third-order valence-corrected chi connectivity index (χ3v) is 4.73. The van der Waals surface area contributed by atoms with Crippen LogP contribution in [0.4, 0.5) is 0 Å². The van der Waals surface area contributed by atoms with Gasteiger partial charge >= 0.3 is 0 Å². The molecule has 1 aliphatic rings. The van der Waals surface area contributed by atoms with E-state index in [1.807, 2.05) is 18.2 Å². The summed E-state index contributed by atoms with van der Waals surface area (Å²) < 4.78 is 6.60. The van der Waals surface area contributed by atoms with Crippen molar-refractivity contribution in [3.8, 4) is 5.75 Å². The summed E-state index contributed by atoms with van der Waals surface area (Å²) in [7, 11) is 0. The molecule has 0 spiro atoms. The summed E-state index contributed by atoms with van der Waals surface area (Å²) in [5.41, 5.74) is 1.01. The number of aliphatic hydroxyl groups is 1. The van der Waals surface area contributed by atoms with Crippen molar-refractivity contribution in [1.82, 2.24) is 0 Å². The Hall–Kier alpha value is -0.540. The van der Waals surface area contributed by atoms with Crippen molar-refractivity contribution in [3.05, 3.63) is 28.2 Å². The van der Waals surface area contributed by atoms with Crippen molar-refractivity contribution in [1.29, 1.82) is 0 Å². The molecule has 1 aromatic carbocycles. The minimum atomic E-state index is -0.343. The highest BCUT2D eigenvalue weighted by atomic mass is 79.9. The molecular formula is C17H25BrO2. The van der Waals surface area contributed by atoms with E-state index in [1.165, 1.54) is 25.7 Å². The van der Waals surface area contributed by atoms with E-state index in [0.29, 0.717) is 5.92 Å². The van der Waals surface area contributed by atoms with Gasteiger partial charge in [-0.3, -0.25) is 0 Å². The third kappa shape index (κ3) is 4.23. The fourth-order valence-electron chi connectivity index (χ4n) is 2.93. The fraction of sp³-hybridized carbons (Fsp3) is 0.647.